The predicted octanol–water partition coefficient (Wildman–Crippen LogP) is 3.43. The molecule has 1 aromatic rings. The number of hydrogen-bond acceptors (Lipinski definition) is 2. The molecule has 1 rings (SSSR count). The Morgan fingerprint density at radius 3 is 2.36 bits per heavy atom. The van der Waals surface area contributed by atoms with E-state index in [1.54, 1.807) is 0 Å². The van der Waals surface area contributed by atoms with E-state index in [1.165, 1.54) is 0 Å². The lowest BCUT2D eigenvalue weighted by molar-refractivity contribution is 0.278. The molecule has 0 N–H and O–H groups in total. The van der Waals surface area contributed by atoms with Crippen LogP contribution < -0.4 is 4.74 Å². The minimum Gasteiger partial charge on any atom is -0.488 e. The summed E-state index contributed by atoms with van der Waals surface area (Å²) in [5, 5.41) is 0. The molecule has 0 bridgehead atoms. The molecule has 1 nitrogen and oxygen atoms in total. The molecule has 14 heavy (non-hydrogen) atoms. The Hall–Kier alpha value is -0.770. The summed E-state index contributed by atoms with van der Waals surface area (Å²) < 4.78 is 31.2. The van der Waals surface area contributed by atoms with Gasteiger partial charge in [-0.05, 0) is 18.6 Å². The first-order valence-corrected chi connectivity index (χ1v) is 4.90. The molecule has 0 fully saturated rings. The first-order chi connectivity index (χ1) is 6.65. The molecule has 0 aliphatic heterocycles. The van der Waals surface area contributed by atoms with Gasteiger partial charge in [0.25, 0.3) is 0 Å². The zero-order chi connectivity index (χ0) is 10.6. The van der Waals surface area contributed by atoms with Gasteiger partial charge in [-0.2, -0.15) is 0 Å². The van der Waals surface area contributed by atoms with Crippen molar-refractivity contribution >= 4 is 12.6 Å². The van der Waals surface area contributed by atoms with E-state index >= 15 is 0 Å². The van der Waals surface area contributed by atoms with E-state index in [9.17, 15) is 8.78 Å². The number of unbranched alkanes of at least 4 members (excludes halogenated alkanes) is 1. The summed E-state index contributed by atoms with van der Waals surface area (Å²) >= 11 is 3.84. The second kappa shape index (κ2) is 5.20. The van der Waals surface area contributed by atoms with Gasteiger partial charge in [-0.1, -0.05) is 13.3 Å². The van der Waals surface area contributed by atoms with Crippen LogP contribution in [0.1, 0.15) is 19.8 Å². The number of hydrogen-bond donors (Lipinski definition) is 1. The highest BCUT2D eigenvalue weighted by Crippen LogP contribution is 2.24. The fourth-order valence-electron chi connectivity index (χ4n) is 1.00. The normalized spacial score (nSPS) is 10.3. The van der Waals surface area contributed by atoms with Crippen molar-refractivity contribution in [2.24, 2.45) is 0 Å². The number of halogens is 2. The smallest absolute Gasteiger partial charge is 0.190 e. The highest BCUT2D eigenvalue weighted by Gasteiger charge is 2.10. The number of benzene rings is 1. The molecule has 0 saturated carbocycles. The van der Waals surface area contributed by atoms with E-state index in [1.807, 2.05) is 6.92 Å². The van der Waals surface area contributed by atoms with Gasteiger partial charge in [-0.3, -0.25) is 0 Å². The Morgan fingerprint density at radius 2 is 1.86 bits per heavy atom. The van der Waals surface area contributed by atoms with Crippen molar-refractivity contribution in [3.05, 3.63) is 23.8 Å². The Balaban J connectivity index is 2.75. The molecule has 0 aliphatic rings. The SMILES string of the molecule is CCCCOc1c(F)cc(S)cc1F. The molecule has 0 amide bonds. The summed E-state index contributed by atoms with van der Waals surface area (Å²) in [6.45, 7) is 2.31. The lowest BCUT2D eigenvalue weighted by atomic mass is 10.3. The van der Waals surface area contributed by atoms with E-state index in [4.69, 9.17) is 4.74 Å². The molecule has 0 saturated heterocycles. The van der Waals surface area contributed by atoms with E-state index < -0.39 is 11.6 Å². The number of thiol groups is 1. The fourth-order valence-corrected chi connectivity index (χ4v) is 1.23. The molecule has 0 aliphatic carbocycles. The van der Waals surface area contributed by atoms with Crippen molar-refractivity contribution in [2.75, 3.05) is 6.61 Å². The van der Waals surface area contributed by atoms with Crippen LogP contribution in [0.2, 0.25) is 0 Å². The number of rotatable bonds is 4. The molecule has 0 atom stereocenters. The molecule has 0 unspecified atom stereocenters. The van der Waals surface area contributed by atoms with E-state index in [0.29, 0.717) is 6.61 Å². The Morgan fingerprint density at radius 1 is 1.29 bits per heavy atom. The van der Waals surface area contributed by atoms with Crippen LogP contribution in [0.25, 0.3) is 0 Å². The van der Waals surface area contributed by atoms with Crippen molar-refractivity contribution in [1.29, 1.82) is 0 Å². The van der Waals surface area contributed by atoms with Crippen molar-refractivity contribution < 1.29 is 13.5 Å². The maximum Gasteiger partial charge on any atom is 0.190 e. The molecule has 78 valence electrons. The Labute approximate surface area is 87.5 Å². The van der Waals surface area contributed by atoms with Crippen LogP contribution in [0.15, 0.2) is 17.0 Å². The quantitative estimate of drug-likeness (QED) is 0.601. The summed E-state index contributed by atoms with van der Waals surface area (Å²) in [5.41, 5.74) is 0. The highest BCUT2D eigenvalue weighted by atomic mass is 32.1. The first kappa shape index (κ1) is 11.3. The second-order valence-electron chi connectivity index (χ2n) is 2.94. The molecule has 0 aromatic heterocycles. The summed E-state index contributed by atoms with van der Waals surface area (Å²) in [7, 11) is 0. The lowest BCUT2D eigenvalue weighted by Crippen LogP contribution is -2.01. The van der Waals surface area contributed by atoms with Crippen LogP contribution in [-0.2, 0) is 0 Å². The van der Waals surface area contributed by atoms with Gasteiger partial charge < -0.3 is 4.74 Å². The molecule has 4 heteroatoms. The van der Waals surface area contributed by atoms with Gasteiger partial charge in [0.1, 0.15) is 0 Å². The Bertz CT molecular complexity index is 292. The first-order valence-electron chi connectivity index (χ1n) is 4.46. The summed E-state index contributed by atoms with van der Waals surface area (Å²) in [6.07, 6.45) is 1.70. The minimum absolute atomic E-state index is 0.253. The third-order valence-corrected chi connectivity index (χ3v) is 1.99. The van der Waals surface area contributed by atoms with Gasteiger partial charge in [-0.15, -0.1) is 12.6 Å². The third kappa shape index (κ3) is 2.87. The summed E-state index contributed by atoms with van der Waals surface area (Å²) in [6, 6.07) is 2.26. The molecule has 0 spiro atoms. The molecule has 0 heterocycles. The van der Waals surface area contributed by atoms with Gasteiger partial charge in [0, 0.05) is 4.90 Å². The van der Waals surface area contributed by atoms with Crippen LogP contribution in [0.5, 0.6) is 5.75 Å². The van der Waals surface area contributed by atoms with Gasteiger partial charge in [0.15, 0.2) is 17.4 Å². The minimum atomic E-state index is -0.703. The Kier molecular flexibility index (Phi) is 4.20. The van der Waals surface area contributed by atoms with Crippen LogP contribution >= 0.6 is 12.6 Å². The maximum absolute atomic E-state index is 13.1. The summed E-state index contributed by atoms with van der Waals surface area (Å²) in [5.74, 6) is -1.71. The maximum atomic E-state index is 13.1. The molecular weight excluding hydrogens is 206 g/mol. The van der Waals surface area contributed by atoms with Crippen LogP contribution in [0.4, 0.5) is 8.78 Å². The van der Waals surface area contributed by atoms with Crippen molar-refractivity contribution in [3.63, 3.8) is 0 Å². The van der Waals surface area contributed by atoms with Crippen molar-refractivity contribution in [3.8, 4) is 5.75 Å². The summed E-state index contributed by atoms with van der Waals surface area (Å²) in [4.78, 5) is 0.253. The van der Waals surface area contributed by atoms with E-state index in [0.717, 1.165) is 25.0 Å². The highest BCUT2D eigenvalue weighted by molar-refractivity contribution is 7.80. The average Bonchev–Trinajstić information content (AvgIpc) is 2.09. The lowest BCUT2D eigenvalue weighted by Gasteiger charge is -2.07. The largest absolute Gasteiger partial charge is 0.488 e. The van der Waals surface area contributed by atoms with Crippen LogP contribution in [0, 0.1) is 11.6 Å². The van der Waals surface area contributed by atoms with Crippen molar-refractivity contribution in [2.45, 2.75) is 24.7 Å². The van der Waals surface area contributed by atoms with Gasteiger partial charge in [0.2, 0.25) is 0 Å². The number of ether oxygens (including phenoxy) is 1. The van der Waals surface area contributed by atoms with E-state index in [-0.39, 0.29) is 10.6 Å². The fraction of sp³-hybridized carbons (Fsp3) is 0.400. The topological polar surface area (TPSA) is 9.23 Å². The van der Waals surface area contributed by atoms with Crippen LogP contribution in [-0.4, -0.2) is 6.61 Å². The van der Waals surface area contributed by atoms with E-state index in [2.05, 4.69) is 12.6 Å². The monoisotopic (exact) mass is 218 g/mol. The van der Waals surface area contributed by atoms with Crippen molar-refractivity contribution in [1.82, 2.24) is 0 Å². The molecule has 0 radical (unpaired) electrons. The zero-order valence-corrected chi connectivity index (χ0v) is 8.78. The average molecular weight is 218 g/mol. The van der Waals surface area contributed by atoms with Crippen LogP contribution in [0.3, 0.4) is 0 Å². The molecule has 1 aromatic carbocycles. The molecular formula is C10H12F2OS. The van der Waals surface area contributed by atoms with Gasteiger partial charge in [-0.25, -0.2) is 8.78 Å². The zero-order valence-electron chi connectivity index (χ0n) is 7.89. The third-order valence-electron chi connectivity index (χ3n) is 1.73. The second-order valence-corrected chi connectivity index (χ2v) is 3.46. The standard InChI is InChI=1S/C10H12F2OS/c1-2-3-4-13-10-8(11)5-7(14)6-9(10)12/h5-6,14H,2-4H2,1H3. The predicted molar refractivity (Wildman–Crippen MR) is 54.0 cm³/mol. The van der Waals surface area contributed by atoms with Gasteiger partial charge in [0.05, 0.1) is 6.61 Å². The van der Waals surface area contributed by atoms with Gasteiger partial charge >= 0.3 is 0 Å².